The SMILES string of the molecule is CCOCC1CC(CN2CC3(CCN(CC)C3)C2)C1. The summed E-state index contributed by atoms with van der Waals surface area (Å²) in [7, 11) is 0. The van der Waals surface area contributed by atoms with Crippen LogP contribution in [0.25, 0.3) is 0 Å². The Balaban J connectivity index is 1.31. The molecule has 0 aromatic rings. The molecule has 2 heterocycles. The van der Waals surface area contributed by atoms with Crippen LogP contribution in [0.5, 0.6) is 0 Å². The summed E-state index contributed by atoms with van der Waals surface area (Å²) in [6.45, 7) is 14.3. The molecule has 0 bridgehead atoms. The molecular weight excluding hydrogens is 236 g/mol. The first kappa shape index (κ1) is 13.8. The van der Waals surface area contributed by atoms with Gasteiger partial charge in [0.2, 0.25) is 0 Å². The van der Waals surface area contributed by atoms with Crippen molar-refractivity contribution in [3.63, 3.8) is 0 Å². The smallest absolute Gasteiger partial charge is 0.0494 e. The first-order valence-corrected chi connectivity index (χ1v) is 8.25. The average Bonchev–Trinajstić information content (AvgIpc) is 2.75. The van der Waals surface area contributed by atoms with Crippen molar-refractivity contribution in [1.29, 1.82) is 0 Å². The van der Waals surface area contributed by atoms with Crippen molar-refractivity contribution < 1.29 is 4.74 Å². The summed E-state index contributed by atoms with van der Waals surface area (Å²) in [4.78, 5) is 5.33. The van der Waals surface area contributed by atoms with E-state index in [9.17, 15) is 0 Å². The molecule has 19 heavy (non-hydrogen) atoms. The van der Waals surface area contributed by atoms with Gasteiger partial charge in [-0.05, 0) is 51.1 Å². The molecule has 0 aromatic heterocycles. The molecule has 0 radical (unpaired) electrons. The molecule has 110 valence electrons. The van der Waals surface area contributed by atoms with E-state index in [4.69, 9.17) is 4.74 Å². The van der Waals surface area contributed by atoms with Crippen LogP contribution in [0.3, 0.4) is 0 Å². The van der Waals surface area contributed by atoms with Gasteiger partial charge in [0.15, 0.2) is 0 Å². The van der Waals surface area contributed by atoms with Gasteiger partial charge in [0.25, 0.3) is 0 Å². The molecule has 3 rings (SSSR count). The minimum atomic E-state index is 0.685. The van der Waals surface area contributed by atoms with Gasteiger partial charge in [-0.15, -0.1) is 0 Å². The zero-order valence-electron chi connectivity index (χ0n) is 12.7. The van der Waals surface area contributed by atoms with Crippen molar-refractivity contribution in [3.8, 4) is 0 Å². The fourth-order valence-corrected chi connectivity index (χ4v) is 4.40. The summed E-state index contributed by atoms with van der Waals surface area (Å²) in [5.74, 6) is 1.83. The highest BCUT2D eigenvalue weighted by Crippen LogP contribution is 2.42. The predicted octanol–water partition coefficient (Wildman–Crippen LogP) is 2.08. The second-order valence-corrected chi connectivity index (χ2v) is 7.15. The van der Waals surface area contributed by atoms with E-state index in [0.29, 0.717) is 5.41 Å². The molecule has 0 unspecified atom stereocenters. The van der Waals surface area contributed by atoms with Crippen molar-refractivity contribution in [3.05, 3.63) is 0 Å². The average molecular weight is 266 g/mol. The van der Waals surface area contributed by atoms with Crippen LogP contribution in [0, 0.1) is 17.3 Å². The fraction of sp³-hybridized carbons (Fsp3) is 1.00. The Morgan fingerprint density at radius 1 is 1.05 bits per heavy atom. The van der Waals surface area contributed by atoms with Crippen molar-refractivity contribution in [1.82, 2.24) is 9.80 Å². The van der Waals surface area contributed by atoms with Crippen LogP contribution < -0.4 is 0 Å². The number of hydrogen-bond acceptors (Lipinski definition) is 3. The quantitative estimate of drug-likeness (QED) is 0.732. The Bertz CT molecular complexity index is 295. The zero-order chi connectivity index (χ0) is 13.3. The molecule has 0 aromatic carbocycles. The highest BCUT2D eigenvalue weighted by atomic mass is 16.5. The molecule has 0 amide bonds. The van der Waals surface area contributed by atoms with Crippen LogP contribution in [-0.2, 0) is 4.74 Å². The maximum Gasteiger partial charge on any atom is 0.0494 e. The molecule has 3 fully saturated rings. The summed E-state index contributed by atoms with van der Waals surface area (Å²) in [5, 5.41) is 0. The van der Waals surface area contributed by atoms with Gasteiger partial charge in [0.1, 0.15) is 0 Å². The lowest BCUT2D eigenvalue weighted by atomic mass is 9.72. The van der Waals surface area contributed by atoms with E-state index in [-0.39, 0.29) is 0 Å². The molecule has 1 aliphatic carbocycles. The third-order valence-electron chi connectivity index (χ3n) is 5.49. The lowest BCUT2D eigenvalue weighted by Gasteiger charge is -2.51. The molecule has 0 N–H and O–H groups in total. The van der Waals surface area contributed by atoms with Crippen LogP contribution >= 0.6 is 0 Å². The first-order chi connectivity index (χ1) is 9.23. The molecule has 1 saturated carbocycles. The van der Waals surface area contributed by atoms with Gasteiger partial charge >= 0.3 is 0 Å². The minimum absolute atomic E-state index is 0.685. The van der Waals surface area contributed by atoms with Crippen molar-refractivity contribution in [2.75, 3.05) is 52.5 Å². The predicted molar refractivity (Wildman–Crippen MR) is 78.3 cm³/mol. The molecule has 1 spiro atoms. The lowest BCUT2D eigenvalue weighted by molar-refractivity contribution is -0.0294. The normalized spacial score (nSPS) is 34.4. The summed E-state index contributed by atoms with van der Waals surface area (Å²) in [6.07, 6.45) is 4.25. The van der Waals surface area contributed by atoms with Gasteiger partial charge in [-0.2, -0.15) is 0 Å². The van der Waals surface area contributed by atoms with E-state index >= 15 is 0 Å². The highest BCUT2D eigenvalue weighted by molar-refractivity contribution is 5.02. The molecule has 3 heteroatoms. The molecular formula is C16H30N2O. The van der Waals surface area contributed by atoms with Crippen LogP contribution in [0.2, 0.25) is 0 Å². The van der Waals surface area contributed by atoms with Gasteiger partial charge in [-0.1, -0.05) is 6.92 Å². The van der Waals surface area contributed by atoms with Crippen molar-refractivity contribution >= 4 is 0 Å². The van der Waals surface area contributed by atoms with Crippen molar-refractivity contribution in [2.24, 2.45) is 17.3 Å². The second kappa shape index (κ2) is 5.71. The molecule has 3 aliphatic rings. The van der Waals surface area contributed by atoms with Gasteiger partial charge in [-0.25, -0.2) is 0 Å². The highest BCUT2D eigenvalue weighted by Gasteiger charge is 2.47. The maximum absolute atomic E-state index is 5.51. The first-order valence-electron chi connectivity index (χ1n) is 8.25. The standard InChI is InChI=1S/C16H30N2O/c1-3-17-6-5-16(11-17)12-18(13-16)9-14-7-15(8-14)10-19-4-2/h14-15H,3-13H2,1-2H3. The van der Waals surface area contributed by atoms with Crippen LogP contribution in [0.1, 0.15) is 33.1 Å². The van der Waals surface area contributed by atoms with Crippen LogP contribution in [-0.4, -0.2) is 62.3 Å². The summed E-state index contributed by atoms with van der Waals surface area (Å²) in [6, 6.07) is 0. The lowest BCUT2D eigenvalue weighted by Crippen LogP contribution is -2.59. The number of nitrogens with zero attached hydrogens (tertiary/aromatic N) is 2. The fourth-order valence-electron chi connectivity index (χ4n) is 4.40. The van der Waals surface area contributed by atoms with Gasteiger partial charge in [-0.3, -0.25) is 0 Å². The van der Waals surface area contributed by atoms with E-state index in [2.05, 4.69) is 23.6 Å². The Morgan fingerprint density at radius 2 is 1.79 bits per heavy atom. The van der Waals surface area contributed by atoms with E-state index < -0.39 is 0 Å². The van der Waals surface area contributed by atoms with Gasteiger partial charge < -0.3 is 14.5 Å². The van der Waals surface area contributed by atoms with E-state index in [1.807, 2.05) is 0 Å². The third-order valence-corrected chi connectivity index (χ3v) is 5.49. The summed E-state index contributed by atoms with van der Waals surface area (Å²) >= 11 is 0. The second-order valence-electron chi connectivity index (χ2n) is 7.15. The third kappa shape index (κ3) is 2.98. The maximum atomic E-state index is 5.51. The Morgan fingerprint density at radius 3 is 2.42 bits per heavy atom. The van der Waals surface area contributed by atoms with E-state index in [0.717, 1.165) is 25.0 Å². The summed E-state index contributed by atoms with van der Waals surface area (Å²) < 4.78 is 5.51. The summed E-state index contributed by atoms with van der Waals surface area (Å²) in [5.41, 5.74) is 0.685. The van der Waals surface area contributed by atoms with Gasteiger partial charge in [0, 0.05) is 44.8 Å². The molecule has 2 aliphatic heterocycles. The zero-order valence-corrected chi connectivity index (χ0v) is 12.7. The monoisotopic (exact) mass is 266 g/mol. The Kier molecular flexibility index (Phi) is 4.16. The Hall–Kier alpha value is -0.120. The topological polar surface area (TPSA) is 15.7 Å². The van der Waals surface area contributed by atoms with Crippen LogP contribution in [0.4, 0.5) is 0 Å². The molecule has 3 nitrogen and oxygen atoms in total. The molecule has 2 saturated heterocycles. The number of ether oxygens (including phenoxy) is 1. The number of likely N-dealkylation sites (tertiary alicyclic amines) is 2. The Labute approximate surface area is 118 Å². The minimum Gasteiger partial charge on any atom is -0.381 e. The van der Waals surface area contributed by atoms with E-state index in [1.54, 1.807) is 0 Å². The molecule has 0 atom stereocenters. The van der Waals surface area contributed by atoms with E-state index in [1.165, 1.54) is 58.5 Å². The van der Waals surface area contributed by atoms with Gasteiger partial charge in [0.05, 0.1) is 0 Å². The van der Waals surface area contributed by atoms with Crippen molar-refractivity contribution in [2.45, 2.75) is 33.1 Å². The van der Waals surface area contributed by atoms with Crippen LogP contribution in [0.15, 0.2) is 0 Å². The largest absolute Gasteiger partial charge is 0.381 e. The number of rotatable bonds is 6. The number of hydrogen-bond donors (Lipinski definition) is 0.